The molecule has 1 heterocycles. The quantitative estimate of drug-likeness (QED) is 0.581. The fourth-order valence-electron chi connectivity index (χ4n) is 2.31. The zero-order chi connectivity index (χ0) is 12.8. The highest BCUT2D eigenvalue weighted by Gasteiger charge is 2.17. The number of benzene rings is 1. The van der Waals surface area contributed by atoms with Gasteiger partial charge in [0, 0.05) is 25.2 Å². The Kier molecular flexibility index (Phi) is 4.57. The third kappa shape index (κ3) is 3.46. The van der Waals surface area contributed by atoms with Crippen molar-refractivity contribution in [1.82, 2.24) is 4.90 Å². The molecule has 0 amide bonds. The molecule has 1 aromatic carbocycles. The Balaban J connectivity index is 2.06. The van der Waals surface area contributed by atoms with Crippen LogP contribution >= 0.6 is 0 Å². The predicted octanol–water partition coefficient (Wildman–Crippen LogP) is 3.81. The lowest BCUT2D eigenvalue weighted by atomic mass is 10.2. The molecule has 2 rings (SSSR count). The van der Waals surface area contributed by atoms with Crippen molar-refractivity contribution in [2.45, 2.75) is 26.7 Å². The molecule has 1 fully saturated rings. The van der Waals surface area contributed by atoms with Gasteiger partial charge in [0.2, 0.25) is 0 Å². The Hall–Kier alpha value is -1.57. The van der Waals surface area contributed by atoms with Gasteiger partial charge in [-0.15, -0.1) is 0 Å². The van der Waals surface area contributed by atoms with Gasteiger partial charge in [-0.3, -0.25) is 0 Å². The number of likely N-dealkylation sites (tertiary alicyclic amines) is 1. The molecule has 2 nitrogen and oxygen atoms in total. The summed E-state index contributed by atoms with van der Waals surface area (Å²) in [5.41, 5.74) is 1.20. The van der Waals surface area contributed by atoms with Gasteiger partial charge < -0.3 is 4.90 Å². The molecule has 0 aromatic heterocycles. The lowest BCUT2D eigenvalue weighted by Gasteiger charge is -2.22. The van der Waals surface area contributed by atoms with Gasteiger partial charge in [-0.25, -0.2) is 4.99 Å². The Morgan fingerprint density at radius 3 is 2.44 bits per heavy atom. The van der Waals surface area contributed by atoms with Crippen molar-refractivity contribution in [2.24, 2.45) is 10.9 Å². The topological polar surface area (TPSA) is 15.6 Å². The van der Waals surface area contributed by atoms with Crippen molar-refractivity contribution in [3.63, 3.8) is 0 Å². The molecule has 0 radical (unpaired) electrons. The van der Waals surface area contributed by atoms with Crippen LogP contribution in [-0.2, 0) is 0 Å². The lowest BCUT2D eigenvalue weighted by Crippen LogP contribution is -2.31. The van der Waals surface area contributed by atoms with Gasteiger partial charge >= 0.3 is 0 Å². The largest absolute Gasteiger partial charge is 0.360 e. The Morgan fingerprint density at radius 2 is 1.83 bits per heavy atom. The van der Waals surface area contributed by atoms with Gasteiger partial charge in [-0.1, -0.05) is 44.2 Å². The first-order valence-electron chi connectivity index (χ1n) is 6.81. The summed E-state index contributed by atoms with van der Waals surface area (Å²) in [6.45, 7) is 6.76. The van der Waals surface area contributed by atoms with Crippen molar-refractivity contribution in [1.29, 1.82) is 0 Å². The number of amidine groups is 1. The molecule has 0 atom stereocenters. The minimum atomic E-state index is 0.489. The van der Waals surface area contributed by atoms with E-state index in [0.717, 1.165) is 13.1 Å². The van der Waals surface area contributed by atoms with Crippen molar-refractivity contribution in [3.8, 4) is 0 Å². The third-order valence-corrected chi connectivity index (χ3v) is 3.22. The van der Waals surface area contributed by atoms with Gasteiger partial charge in [0.25, 0.3) is 0 Å². The molecule has 1 aliphatic heterocycles. The highest BCUT2D eigenvalue weighted by molar-refractivity contribution is 5.85. The second kappa shape index (κ2) is 6.39. The molecule has 0 N–H and O–H groups in total. The molecule has 0 saturated carbocycles. The summed E-state index contributed by atoms with van der Waals surface area (Å²) in [6, 6.07) is 10.3. The van der Waals surface area contributed by atoms with Crippen LogP contribution in [0.1, 0.15) is 32.3 Å². The fourth-order valence-corrected chi connectivity index (χ4v) is 2.31. The fraction of sp³-hybridized carbons (Fsp3) is 0.438. The maximum absolute atomic E-state index is 4.66. The second-order valence-corrected chi connectivity index (χ2v) is 5.06. The SMILES string of the molecule is CC(C)C(=N/C=C/c1ccccc1)N1CCCC1. The summed E-state index contributed by atoms with van der Waals surface area (Å²) in [5.74, 6) is 1.71. The Bertz CT molecular complexity index is 412. The van der Waals surface area contributed by atoms with Gasteiger partial charge in [0.15, 0.2) is 0 Å². The average molecular weight is 242 g/mol. The molecule has 0 aliphatic carbocycles. The van der Waals surface area contributed by atoms with Crippen LogP contribution in [0, 0.1) is 5.92 Å². The van der Waals surface area contributed by atoms with Crippen LogP contribution in [0.4, 0.5) is 0 Å². The molecule has 96 valence electrons. The Labute approximate surface area is 110 Å². The minimum absolute atomic E-state index is 0.489. The monoisotopic (exact) mass is 242 g/mol. The van der Waals surface area contributed by atoms with Crippen molar-refractivity contribution in [3.05, 3.63) is 42.1 Å². The standard InChI is InChI=1S/C16H22N2/c1-14(2)16(18-12-6-7-13-18)17-11-10-15-8-4-3-5-9-15/h3-5,8-11,14H,6-7,12-13H2,1-2H3/b11-10+,17-16?. The molecule has 2 heteroatoms. The zero-order valence-electron chi connectivity index (χ0n) is 11.3. The highest BCUT2D eigenvalue weighted by atomic mass is 15.2. The first kappa shape index (κ1) is 12.9. The third-order valence-electron chi connectivity index (χ3n) is 3.22. The highest BCUT2D eigenvalue weighted by Crippen LogP contribution is 2.13. The molecule has 1 aliphatic rings. The van der Waals surface area contributed by atoms with E-state index in [1.807, 2.05) is 24.4 Å². The van der Waals surface area contributed by atoms with Crippen LogP contribution in [0.3, 0.4) is 0 Å². The lowest BCUT2D eigenvalue weighted by molar-refractivity contribution is 0.489. The van der Waals surface area contributed by atoms with Crippen molar-refractivity contribution in [2.75, 3.05) is 13.1 Å². The van der Waals surface area contributed by atoms with E-state index in [-0.39, 0.29) is 0 Å². The molecular weight excluding hydrogens is 220 g/mol. The molecule has 0 bridgehead atoms. The maximum Gasteiger partial charge on any atom is 0.107 e. The number of hydrogen-bond donors (Lipinski definition) is 0. The van der Waals surface area contributed by atoms with Crippen LogP contribution in [0.15, 0.2) is 41.5 Å². The first-order valence-corrected chi connectivity index (χ1v) is 6.81. The summed E-state index contributed by atoms with van der Waals surface area (Å²) in [6.07, 6.45) is 6.60. The van der Waals surface area contributed by atoms with Crippen LogP contribution in [0.25, 0.3) is 6.08 Å². The van der Waals surface area contributed by atoms with Crippen molar-refractivity contribution >= 4 is 11.9 Å². The van der Waals surface area contributed by atoms with Gasteiger partial charge in [0.1, 0.15) is 5.84 Å². The summed E-state index contributed by atoms with van der Waals surface area (Å²) >= 11 is 0. The van der Waals surface area contributed by atoms with Crippen LogP contribution in [-0.4, -0.2) is 23.8 Å². The van der Waals surface area contributed by atoms with E-state index in [2.05, 4.69) is 41.9 Å². The molecule has 0 unspecified atom stereocenters. The first-order chi connectivity index (χ1) is 8.77. The maximum atomic E-state index is 4.66. The van der Waals surface area contributed by atoms with E-state index in [1.54, 1.807) is 0 Å². The average Bonchev–Trinajstić information content (AvgIpc) is 2.89. The number of hydrogen-bond acceptors (Lipinski definition) is 1. The van der Waals surface area contributed by atoms with Crippen LogP contribution < -0.4 is 0 Å². The van der Waals surface area contributed by atoms with E-state index in [4.69, 9.17) is 0 Å². The van der Waals surface area contributed by atoms with Crippen LogP contribution in [0.2, 0.25) is 0 Å². The predicted molar refractivity (Wildman–Crippen MR) is 78.6 cm³/mol. The summed E-state index contributed by atoms with van der Waals surface area (Å²) in [4.78, 5) is 7.08. The molecule has 1 aromatic rings. The van der Waals surface area contributed by atoms with Crippen LogP contribution in [0.5, 0.6) is 0 Å². The van der Waals surface area contributed by atoms with Crippen molar-refractivity contribution < 1.29 is 0 Å². The summed E-state index contributed by atoms with van der Waals surface area (Å²) < 4.78 is 0. The minimum Gasteiger partial charge on any atom is -0.360 e. The second-order valence-electron chi connectivity index (χ2n) is 5.06. The normalized spacial score (nSPS) is 17.1. The molecule has 0 spiro atoms. The molecular formula is C16H22N2. The number of aliphatic imine (C=N–C) groups is 1. The molecule has 1 saturated heterocycles. The zero-order valence-corrected chi connectivity index (χ0v) is 11.3. The van der Waals surface area contributed by atoms with Gasteiger partial charge in [-0.2, -0.15) is 0 Å². The molecule has 18 heavy (non-hydrogen) atoms. The number of nitrogens with zero attached hydrogens (tertiary/aromatic N) is 2. The van der Waals surface area contributed by atoms with E-state index in [0.29, 0.717) is 5.92 Å². The smallest absolute Gasteiger partial charge is 0.107 e. The van der Waals surface area contributed by atoms with E-state index >= 15 is 0 Å². The van der Waals surface area contributed by atoms with E-state index < -0.39 is 0 Å². The van der Waals surface area contributed by atoms with Gasteiger partial charge in [-0.05, 0) is 24.5 Å². The van der Waals surface area contributed by atoms with E-state index in [9.17, 15) is 0 Å². The summed E-state index contributed by atoms with van der Waals surface area (Å²) in [5, 5.41) is 0. The van der Waals surface area contributed by atoms with Gasteiger partial charge in [0.05, 0.1) is 0 Å². The summed E-state index contributed by atoms with van der Waals surface area (Å²) in [7, 11) is 0. The van der Waals surface area contributed by atoms with E-state index in [1.165, 1.54) is 24.2 Å². The number of rotatable bonds is 3. The Morgan fingerprint density at radius 1 is 1.17 bits per heavy atom.